The summed E-state index contributed by atoms with van der Waals surface area (Å²) in [4.78, 5) is 86.7. The number of carbonyl (C=O) groups is 4. The van der Waals surface area contributed by atoms with E-state index in [4.69, 9.17) is 92.2 Å². The number of fused-ring (bicyclic) bond motifs is 5. The van der Waals surface area contributed by atoms with Crippen molar-refractivity contribution in [3.8, 4) is 40.0 Å². The third kappa shape index (κ3) is 27.1. The maximum absolute atomic E-state index is 15.0. The minimum Gasteiger partial charge on any atom is -0.491 e. The van der Waals surface area contributed by atoms with E-state index in [2.05, 4.69) is 103 Å². The molecule has 12 heterocycles. The Labute approximate surface area is 867 Å². The molecule has 144 heavy (non-hydrogen) atoms. The van der Waals surface area contributed by atoms with Gasteiger partial charge in [-0.2, -0.15) is 15.3 Å². The van der Waals surface area contributed by atoms with Crippen molar-refractivity contribution in [2.75, 3.05) is 56.7 Å². The molecule has 3 aliphatic carbocycles. The summed E-state index contributed by atoms with van der Waals surface area (Å²) in [5.74, 6) is 0.258. The van der Waals surface area contributed by atoms with Gasteiger partial charge < -0.3 is 70.9 Å². The lowest BCUT2D eigenvalue weighted by atomic mass is 9.78. The van der Waals surface area contributed by atoms with E-state index in [0.717, 1.165) is 86.4 Å². The van der Waals surface area contributed by atoms with Crippen molar-refractivity contribution in [1.29, 1.82) is 0 Å². The molecular weight excluding hydrogens is 2150 g/mol. The van der Waals surface area contributed by atoms with Gasteiger partial charge in [0.1, 0.15) is 111 Å². The van der Waals surface area contributed by atoms with Crippen LogP contribution in [0.25, 0.3) is 45.0 Å². The third-order valence-corrected chi connectivity index (χ3v) is 26.5. The highest BCUT2D eigenvalue weighted by atomic mass is 79.9. The number of aryl methyl sites for hydroxylation is 3. The number of para-hydroxylation sites is 1. The van der Waals surface area contributed by atoms with Gasteiger partial charge in [-0.1, -0.05) is 131 Å². The summed E-state index contributed by atoms with van der Waals surface area (Å²) in [6.07, 6.45) is 21.2. The number of hydrogen-bond donors (Lipinski definition) is 7. The number of nitrogens with zero attached hydrogens (tertiary/aromatic N) is 14. The van der Waals surface area contributed by atoms with E-state index in [-0.39, 0.29) is 95.9 Å². The lowest BCUT2D eigenvalue weighted by Gasteiger charge is -2.32. The minimum atomic E-state index is -0.942. The number of amides is 3. The molecule has 0 atom stereocenters. The number of carboxylic acid groups (broad SMARTS) is 1. The van der Waals surface area contributed by atoms with Crippen LogP contribution in [0.2, 0.25) is 20.1 Å². The van der Waals surface area contributed by atoms with E-state index in [9.17, 15) is 46.9 Å². The van der Waals surface area contributed by atoms with E-state index in [1.807, 2.05) is 96.6 Å². The number of rotatable bonds is 13. The molecule has 32 nitrogen and oxygen atoms in total. The topological polar surface area (TPSA) is 424 Å². The smallest absolute Gasteiger partial charge is 0.491 e. The van der Waals surface area contributed by atoms with Gasteiger partial charge in [0.15, 0.2) is 5.65 Å². The first-order chi connectivity index (χ1) is 68.7. The van der Waals surface area contributed by atoms with Crippen LogP contribution in [0.3, 0.4) is 0 Å². The Balaban J connectivity index is 0.000000133. The summed E-state index contributed by atoms with van der Waals surface area (Å²) >= 11 is 32.7. The first kappa shape index (κ1) is 107. The summed E-state index contributed by atoms with van der Waals surface area (Å²) in [7, 11) is 4.73. The lowest BCUT2D eigenvalue weighted by molar-refractivity contribution is -0.384. The van der Waals surface area contributed by atoms with Crippen molar-refractivity contribution in [3.05, 3.63) is 313 Å². The van der Waals surface area contributed by atoms with Crippen LogP contribution < -0.4 is 42.2 Å². The molecule has 1 saturated heterocycles. The number of halogens is 12. The zero-order chi connectivity index (χ0) is 103. The summed E-state index contributed by atoms with van der Waals surface area (Å²) < 4.78 is 107. The first-order valence-corrected chi connectivity index (χ1v) is 49.1. The van der Waals surface area contributed by atoms with Crippen molar-refractivity contribution in [2.24, 2.45) is 21.1 Å². The van der Waals surface area contributed by atoms with Gasteiger partial charge in [0.2, 0.25) is 5.82 Å². The molecule has 7 aromatic carbocycles. The largest absolute Gasteiger partial charge is 0.494 e. The molecule has 4 fully saturated rings. The molecule has 15 aromatic rings. The number of ether oxygens (including phenoxy) is 3. The molecule has 8 aromatic heterocycles. The Kier molecular flexibility index (Phi) is 34.9. The number of benzene rings is 7. The highest BCUT2D eigenvalue weighted by molar-refractivity contribution is 9.10. The van der Waals surface area contributed by atoms with Gasteiger partial charge in [0.05, 0.1) is 103 Å². The number of imidazole rings is 2. The van der Waals surface area contributed by atoms with Crippen LogP contribution in [0.15, 0.2) is 198 Å². The molecule has 22 rings (SSSR count). The average molecular weight is 2240 g/mol. The number of anilines is 3. The van der Waals surface area contributed by atoms with E-state index < -0.39 is 64.3 Å². The zero-order valence-electron chi connectivity index (χ0n) is 78.3. The van der Waals surface area contributed by atoms with Gasteiger partial charge in [-0.3, -0.25) is 38.5 Å². The number of carbonyl (C=O) groups excluding carboxylic acids is 3. The second-order valence-corrected chi connectivity index (χ2v) is 38.8. The molecule has 0 unspecified atom stereocenters. The van der Waals surface area contributed by atoms with Crippen LogP contribution in [0.1, 0.15) is 159 Å². The number of aromatic carboxylic acids is 1. The molecule has 45 heteroatoms. The molecule has 3 saturated carbocycles. The standard InChI is InChI=1S/C25H28BF2NO4.C19H16BrF2NO2.C12H13NO2.C11H9ClN4.C10H8ClN5.C7H5Br2F.C5H4ClN3O2.C5H6ClN3.C5H6N2O2/c1-24(2)25(3,4)33-26(32-24)18-8-7-16(19(27)13-18)14-29-9-10-31-21-12-17(15-5-6-15)11-20(28)22(21)23(29)30;20-14-4-3-12(15(21)9-14)10-23-5-6-25-17-8-13(11-1-2-11)7-16(22)18(17)19(23)24;14-12-10-4-3-9(8-1-2-8)7-11(10)15-6-5-13-12;1-16-6-7(5-13-16)11-14-9-4-2-3-8(12)10(9)15-11;1-16-5-6(4-13-16)9-14-8-7(11)2-3-12-10(8)15-9;8-4-5-1-2-6(9)3-7(5)10;6-3-1-2-8-5(7)4(3)9(10)11;6-3-1-2-9-5(8)4(3)7;1-7-3-4(2-6-7)5(8)9/h7-8,11-13,15H,5-6,9-10,14H2,1-4H3;3-4,7-9,11H,1-2,5-6,10H2;3-4,7-8H,1-2,5-6H2,(H,13,14);2-6H,1H3,(H,14,15);2-5H,1H3,(H,12,14,15);1-3H,4H2;1-2H,(H2,7,8);1-2H,7H2,(H2,8,9);2-3H,1H3,(H,8,9). The Hall–Kier alpha value is -13.1. The van der Waals surface area contributed by atoms with Crippen LogP contribution >= 0.6 is 94.2 Å². The van der Waals surface area contributed by atoms with Crippen molar-refractivity contribution < 1.29 is 74.7 Å². The fraction of sp³-hybridized carbons (Fsp3) is 0.273. The highest BCUT2D eigenvalue weighted by Crippen LogP contribution is 2.46. The summed E-state index contributed by atoms with van der Waals surface area (Å²) in [6.45, 7) is 10.00. The molecule has 7 aliphatic rings. The van der Waals surface area contributed by atoms with E-state index in [1.165, 1.54) is 94.1 Å². The first-order valence-electron chi connectivity index (χ1n) is 44.9. The number of pyridine rings is 3. The quantitative estimate of drug-likeness (QED) is 0.0185. The van der Waals surface area contributed by atoms with Crippen LogP contribution in [-0.2, 0) is 48.9 Å². The number of nitro groups is 1. The molecule has 10 N–H and O–H groups in total. The Morgan fingerprint density at radius 1 is 0.556 bits per heavy atom. The Bertz CT molecular complexity index is 7080. The fourth-order valence-electron chi connectivity index (χ4n) is 14.8. The number of H-pyrrole nitrogens is 2. The van der Waals surface area contributed by atoms with Crippen molar-refractivity contribution >= 4 is 176 Å². The molecule has 3 amide bonds. The van der Waals surface area contributed by atoms with Gasteiger partial charge in [-0.05, 0) is 209 Å². The number of aromatic nitrogens is 13. The molecule has 0 bridgehead atoms. The monoisotopic (exact) mass is 2240 g/mol. The number of nitrogens with two attached hydrogens (primary N) is 3. The SMILES string of the molecule is CC1(C)OB(c2ccc(CN3CCOc4cc(C5CC5)cc(F)c4C3=O)c(F)c2)OC1(C)C.Cn1cc(-c2nc3c(Cl)cccc3[nH]2)cn1.Cn1cc(-c2nc3nccc(Cl)c3[nH]2)cn1.Cn1cc(C(=O)O)cn1.Fc1cc(Br)ccc1CBr.Nc1nccc(Cl)c1N.Nc1nccc(Cl)c1[N+](=O)[O-].O=C1NCCOc2cc(C3CC3)ccc21.O=C1c2c(F)cc(C3CC3)cc2OCCN1Cc1ccc(Br)cc1F. The molecule has 4 aliphatic heterocycles. The van der Waals surface area contributed by atoms with Gasteiger partial charge in [0.25, 0.3) is 17.7 Å². The summed E-state index contributed by atoms with van der Waals surface area (Å²) in [5, 5.41) is 35.5. The van der Waals surface area contributed by atoms with Crippen molar-refractivity contribution in [3.63, 3.8) is 0 Å². The number of carboxylic acids is 1. The van der Waals surface area contributed by atoms with Crippen LogP contribution in [-0.4, -0.2) is 166 Å². The predicted octanol–water partition coefficient (Wildman–Crippen LogP) is 20.9. The molecular formula is C99H95BBr3Cl4F5N20O12. The Morgan fingerprint density at radius 2 is 1.05 bits per heavy atom. The fourth-order valence-corrected chi connectivity index (χ4v) is 16.7. The number of nitrogens with one attached hydrogen (secondary N) is 3. The minimum absolute atomic E-state index is 0.00231. The second kappa shape index (κ2) is 47.2. The predicted molar refractivity (Wildman–Crippen MR) is 549 cm³/mol. The molecule has 0 radical (unpaired) electrons. The summed E-state index contributed by atoms with van der Waals surface area (Å²) in [6, 6.07) is 37.1. The average Bonchev–Trinajstić information content (AvgIpc) is 1.62. The van der Waals surface area contributed by atoms with Gasteiger partial charge in [0, 0.05) is 96.8 Å². The number of nitrogen functional groups attached to an aromatic ring is 3. The molecule has 0 spiro atoms. The van der Waals surface area contributed by atoms with E-state index in [1.54, 1.807) is 89.6 Å². The molecule has 750 valence electrons. The van der Waals surface area contributed by atoms with Gasteiger partial charge >= 0.3 is 18.8 Å². The van der Waals surface area contributed by atoms with Crippen molar-refractivity contribution in [2.45, 2.75) is 114 Å². The van der Waals surface area contributed by atoms with Crippen LogP contribution in [0, 0.1) is 39.2 Å². The van der Waals surface area contributed by atoms with Crippen LogP contribution in [0.4, 0.5) is 45.0 Å². The number of alkyl halides is 1. The van der Waals surface area contributed by atoms with E-state index in [0.29, 0.717) is 101 Å². The summed E-state index contributed by atoms with van der Waals surface area (Å²) in [5.41, 5.74) is 25.6. The highest BCUT2D eigenvalue weighted by Gasteiger charge is 2.52. The third-order valence-electron chi connectivity index (χ3n) is 23.7. The van der Waals surface area contributed by atoms with E-state index >= 15 is 4.39 Å². The van der Waals surface area contributed by atoms with Gasteiger partial charge in [-0.15, -0.1) is 0 Å². The number of aromatic amines is 2. The van der Waals surface area contributed by atoms with Crippen molar-refractivity contribution in [1.82, 2.24) is 79.3 Å². The maximum atomic E-state index is 15.0. The zero-order valence-corrected chi connectivity index (χ0v) is 86.1. The lowest BCUT2D eigenvalue weighted by Crippen LogP contribution is -2.41. The second-order valence-electron chi connectivity index (χ2n) is 34.8. The van der Waals surface area contributed by atoms with Gasteiger partial charge in [-0.25, -0.2) is 51.7 Å². The maximum Gasteiger partial charge on any atom is 0.494 e. The number of hydrogen-bond acceptors (Lipinski definition) is 22. The van der Waals surface area contributed by atoms with Crippen LogP contribution in [0.5, 0.6) is 17.2 Å². The Morgan fingerprint density at radius 3 is 1.51 bits per heavy atom. The normalized spacial score (nSPS) is 15.0.